The van der Waals surface area contributed by atoms with Crippen molar-refractivity contribution in [2.24, 2.45) is 5.92 Å². The van der Waals surface area contributed by atoms with Crippen LogP contribution in [0.25, 0.3) is 0 Å². The molecule has 0 unspecified atom stereocenters. The summed E-state index contributed by atoms with van der Waals surface area (Å²) in [5, 5.41) is 0.658. The SMILES string of the molecule is CCCCCCOc1cccc(N2C(=O)C[C@H](Cc3ccc(Cl)cc3)C2=O)c1. The molecule has 1 heterocycles. The second-order valence-electron chi connectivity index (χ2n) is 7.21. The van der Waals surface area contributed by atoms with Gasteiger partial charge in [-0.2, -0.15) is 0 Å². The number of nitrogens with zero attached hydrogens (tertiary/aromatic N) is 1. The molecule has 1 atom stereocenters. The highest BCUT2D eigenvalue weighted by atomic mass is 35.5. The Morgan fingerprint density at radius 1 is 1.07 bits per heavy atom. The number of carbonyl (C=O) groups is 2. The van der Waals surface area contributed by atoms with Crippen molar-refractivity contribution in [2.75, 3.05) is 11.5 Å². The first-order chi connectivity index (χ1) is 13.6. The van der Waals surface area contributed by atoms with Crippen LogP contribution in [0.3, 0.4) is 0 Å². The molecule has 148 valence electrons. The molecule has 28 heavy (non-hydrogen) atoms. The minimum Gasteiger partial charge on any atom is -0.494 e. The highest BCUT2D eigenvalue weighted by Gasteiger charge is 2.39. The molecule has 5 heteroatoms. The fraction of sp³-hybridized carbons (Fsp3) is 0.391. The van der Waals surface area contributed by atoms with E-state index in [1.165, 1.54) is 17.7 Å². The van der Waals surface area contributed by atoms with Crippen LogP contribution in [0.15, 0.2) is 48.5 Å². The molecule has 0 saturated carbocycles. The molecule has 0 bridgehead atoms. The van der Waals surface area contributed by atoms with Crippen LogP contribution in [0.5, 0.6) is 5.75 Å². The molecule has 0 spiro atoms. The zero-order valence-corrected chi connectivity index (χ0v) is 17.0. The predicted octanol–water partition coefficient (Wildman–Crippen LogP) is 5.42. The van der Waals surface area contributed by atoms with Crippen LogP contribution in [0.2, 0.25) is 5.02 Å². The topological polar surface area (TPSA) is 46.6 Å². The number of benzene rings is 2. The van der Waals surface area contributed by atoms with Crippen molar-refractivity contribution in [1.29, 1.82) is 0 Å². The molecule has 1 fully saturated rings. The lowest BCUT2D eigenvalue weighted by atomic mass is 9.98. The lowest BCUT2D eigenvalue weighted by Crippen LogP contribution is -2.30. The number of ether oxygens (including phenoxy) is 1. The predicted molar refractivity (Wildman–Crippen MR) is 112 cm³/mol. The maximum atomic E-state index is 12.9. The summed E-state index contributed by atoms with van der Waals surface area (Å²) < 4.78 is 5.80. The number of unbranched alkanes of at least 4 members (excludes halogenated alkanes) is 3. The fourth-order valence-corrected chi connectivity index (χ4v) is 3.59. The lowest BCUT2D eigenvalue weighted by Gasteiger charge is -2.16. The quantitative estimate of drug-likeness (QED) is 0.417. The van der Waals surface area contributed by atoms with Gasteiger partial charge in [0.15, 0.2) is 0 Å². The summed E-state index contributed by atoms with van der Waals surface area (Å²) in [5.74, 6) is 0.0344. The van der Waals surface area contributed by atoms with Gasteiger partial charge in [0.25, 0.3) is 0 Å². The average Bonchev–Trinajstić information content (AvgIpc) is 2.97. The number of amides is 2. The molecular formula is C23H26ClNO3. The molecule has 0 aliphatic carbocycles. The number of halogens is 1. The molecule has 2 aromatic rings. The molecule has 1 saturated heterocycles. The first kappa shape index (κ1) is 20.4. The maximum absolute atomic E-state index is 12.9. The largest absolute Gasteiger partial charge is 0.494 e. The Balaban J connectivity index is 1.64. The normalized spacial score (nSPS) is 16.6. The van der Waals surface area contributed by atoms with Gasteiger partial charge in [-0.25, -0.2) is 0 Å². The number of hydrogen-bond acceptors (Lipinski definition) is 3. The lowest BCUT2D eigenvalue weighted by molar-refractivity contribution is -0.122. The van der Waals surface area contributed by atoms with Crippen LogP contribution in [0.1, 0.15) is 44.6 Å². The van der Waals surface area contributed by atoms with E-state index in [4.69, 9.17) is 16.3 Å². The van der Waals surface area contributed by atoms with Gasteiger partial charge in [0.2, 0.25) is 11.8 Å². The Morgan fingerprint density at radius 2 is 1.86 bits per heavy atom. The van der Waals surface area contributed by atoms with E-state index in [-0.39, 0.29) is 24.2 Å². The third kappa shape index (κ3) is 5.14. The second-order valence-corrected chi connectivity index (χ2v) is 7.64. The van der Waals surface area contributed by atoms with Gasteiger partial charge in [-0.05, 0) is 42.7 Å². The molecule has 0 N–H and O–H groups in total. The Hall–Kier alpha value is -2.33. The molecule has 4 nitrogen and oxygen atoms in total. The highest BCUT2D eigenvalue weighted by molar-refractivity contribution is 6.30. The Bertz CT molecular complexity index is 819. The number of rotatable bonds is 9. The van der Waals surface area contributed by atoms with Gasteiger partial charge in [0.1, 0.15) is 5.75 Å². The summed E-state index contributed by atoms with van der Waals surface area (Å²) in [4.78, 5) is 26.7. The molecular weight excluding hydrogens is 374 g/mol. The Labute approximate surface area is 171 Å². The summed E-state index contributed by atoms with van der Waals surface area (Å²) in [6.07, 6.45) is 5.30. The molecule has 2 aromatic carbocycles. The van der Waals surface area contributed by atoms with Crippen LogP contribution in [-0.4, -0.2) is 18.4 Å². The summed E-state index contributed by atoms with van der Waals surface area (Å²) in [6.45, 7) is 2.82. The first-order valence-corrected chi connectivity index (χ1v) is 10.3. The second kappa shape index (κ2) is 9.74. The van der Waals surface area contributed by atoms with Crippen LogP contribution in [0, 0.1) is 5.92 Å². The standard InChI is InChI=1S/C23H26ClNO3/c1-2-3-4-5-13-28-21-8-6-7-20(16-21)25-22(26)15-18(23(25)27)14-17-9-11-19(24)12-10-17/h6-12,16,18H,2-5,13-15H2,1H3/t18-/m0/s1. The van der Waals surface area contributed by atoms with Gasteiger partial charge in [0.05, 0.1) is 18.2 Å². The fourth-order valence-electron chi connectivity index (χ4n) is 3.46. The molecule has 1 aliphatic rings. The first-order valence-electron chi connectivity index (χ1n) is 9.92. The van der Waals surface area contributed by atoms with Crippen molar-refractivity contribution < 1.29 is 14.3 Å². The molecule has 2 amide bonds. The van der Waals surface area contributed by atoms with Crippen molar-refractivity contribution in [2.45, 2.75) is 45.4 Å². The van der Waals surface area contributed by atoms with Gasteiger partial charge in [-0.3, -0.25) is 14.5 Å². The van der Waals surface area contributed by atoms with Crippen molar-refractivity contribution >= 4 is 29.1 Å². The van der Waals surface area contributed by atoms with E-state index >= 15 is 0 Å². The third-order valence-electron chi connectivity index (χ3n) is 4.98. The van der Waals surface area contributed by atoms with E-state index in [1.54, 1.807) is 24.3 Å². The minimum absolute atomic E-state index is 0.153. The Morgan fingerprint density at radius 3 is 2.61 bits per heavy atom. The summed E-state index contributed by atoms with van der Waals surface area (Å²) >= 11 is 5.92. The van der Waals surface area contributed by atoms with E-state index in [0.717, 1.165) is 18.4 Å². The number of imide groups is 1. The van der Waals surface area contributed by atoms with Crippen LogP contribution >= 0.6 is 11.6 Å². The van der Waals surface area contributed by atoms with Crippen LogP contribution in [-0.2, 0) is 16.0 Å². The van der Waals surface area contributed by atoms with E-state index in [9.17, 15) is 9.59 Å². The van der Waals surface area contributed by atoms with E-state index in [0.29, 0.717) is 29.5 Å². The molecule has 3 rings (SSSR count). The third-order valence-corrected chi connectivity index (χ3v) is 5.23. The number of anilines is 1. The average molecular weight is 400 g/mol. The van der Waals surface area contributed by atoms with Crippen LogP contribution < -0.4 is 9.64 Å². The van der Waals surface area contributed by atoms with Crippen molar-refractivity contribution in [3.8, 4) is 5.75 Å². The van der Waals surface area contributed by atoms with Crippen LogP contribution in [0.4, 0.5) is 5.69 Å². The monoisotopic (exact) mass is 399 g/mol. The number of carbonyl (C=O) groups excluding carboxylic acids is 2. The zero-order chi connectivity index (χ0) is 19.9. The minimum atomic E-state index is -0.340. The molecule has 0 aromatic heterocycles. The van der Waals surface area contributed by atoms with E-state index in [1.807, 2.05) is 24.3 Å². The summed E-state index contributed by atoms with van der Waals surface area (Å²) in [5.41, 5.74) is 1.58. The van der Waals surface area contributed by atoms with Crippen molar-refractivity contribution in [3.05, 3.63) is 59.1 Å². The zero-order valence-electron chi connectivity index (χ0n) is 16.2. The number of hydrogen-bond donors (Lipinski definition) is 0. The van der Waals surface area contributed by atoms with Gasteiger partial charge in [-0.1, -0.05) is 56.0 Å². The smallest absolute Gasteiger partial charge is 0.237 e. The van der Waals surface area contributed by atoms with E-state index < -0.39 is 0 Å². The van der Waals surface area contributed by atoms with Crippen molar-refractivity contribution in [1.82, 2.24) is 0 Å². The van der Waals surface area contributed by atoms with Gasteiger partial charge in [0, 0.05) is 17.5 Å². The van der Waals surface area contributed by atoms with E-state index in [2.05, 4.69) is 6.92 Å². The Kier molecular flexibility index (Phi) is 7.10. The van der Waals surface area contributed by atoms with Gasteiger partial charge >= 0.3 is 0 Å². The molecule has 1 aliphatic heterocycles. The highest BCUT2D eigenvalue weighted by Crippen LogP contribution is 2.31. The van der Waals surface area contributed by atoms with Gasteiger partial charge in [-0.15, -0.1) is 0 Å². The summed E-state index contributed by atoms with van der Waals surface area (Å²) in [6, 6.07) is 14.6. The van der Waals surface area contributed by atoms with Crippen molar-refractivity contribution in [3.63, 3.8) is 0 Å². The molecule has 0 radical (unpaired) electrons. The van der Waals surface area contributed by atoms with Gasteiger partial charge < -0.3 is 4.74 Å². The summed E-state index contributed by atoms with van der Waals surface area (Å²) in [7, 11) is 0. The maximum Gasteiger partial charge on any atom is 0.237 e.